The molecule has 4 saturated carbocycles. The summed E-state index contributed by atoms with van der Waals surface area (Å²) in [4.78, 5) is 38.2. The number of aliphatic hydroxyl groups is 7. The first-order valence-electron chi connectivity index (χ1n) is 21.2. The first-order chi connectivity index (χ1) is 27.4. The molecule has 17 heteroatoms. The molecule has 0 aromatic rings. The molecule has 2 saturated heterocycles. The van der Waals surface area contributed by atoms with E-state index in [1.54, 1.807) is 6.92 Å². The van der Waals surface area contributed by atoms with Gasteiger partial charge in [0, 0.05) is 18.3 Å². The molecule has 0 radical (unpaired) electrons. The highest BCUT2D eigenvalue weighted by molar-refractivity contribution is 5.71. The maximum atomic E-state index is 13.7. The fraction of sp³-hybridized carbons (Fsp3) is 0.927. The van der Waals surface area contributed by atoms with E-state index in [-0.39, 0.29) is 46.8 Å². The van der Waals surface area contributed by atoms with Crippen LogP contribution in [-0.4, -0.2) is 153 Å². The summed E-state index contributed by atoms with van der Waals surface area (Å²) in [6.45, 7) is 6.22. The molecule has 0 amide bonds. The highest BCUT2D eigenvalue weighted by atomic mass is 16.7. The average molecular weight is 831 g/mol. The van der Waals surface area contributed by atoms with Gasteiger partial charge in [0.05, 0.1) is 25.4 Å². The van der Waals surface area contributed by atoms with Gasteiger partial charge in [-0.1, -0.05) is 27.7 Å². The van der Waals surface area contributed by atoms with E-state index >= 15 is 0 Å². The van der Waals surface area contributed by atoms with Crippen molar-refractivity contribution in [2.24, 2.45) is 52.3 Å². The van der Waals surface area contributed by atoms with Gasteiger partial charge in [0.1, 0.15) is 55.9 Å². The van der Waals surface area contributed by atoms with Crippen molar-refractivity contribution in [3.05, 3.63) is 0 Å². The first-order valence-corrected chi connectivity index (χ1v) is 21.2. The van der Waals surface area contributed by atoms with E-state index in [2.05, 4.69) is 20.8 Å². The van der Waals surface area contributed by atoms with Gasteiger partial charge in [-0.15, -0.1) is 0 Å². The lowest BCUT2D eigenvalue weighted by molar-refractivity contribution is -0.300. The van der Waals surface area contributed by atoms with Crippen molar-refractivity contribution in [2.45, 2.75) is 159 Å². The Hall–Kier alpha value is -2.03. The maximum absolute atomic E-state index is 13.7. The van der Waals surface area contributed by atoms with Gasteiger partial charge >= 0.3 is 17.9 Å². The number of rotatable bonds is 14. The van der Waals surface area contributed by atoms with Crippen molar-refractivity contribution >= 4 is 17.9 Å². The Morgan fingerprint density at radius 3 is 1.95 bits per heavy atom. The average Bonchev–Trinajstić information content (AvgIpc) is 3.55. The molecule has 6 aliphatic rings. The highest BCUT2D eigenvalue weighted by Gasteiger charge is 2.64. The van der Waals surface area contributed by atoms with Crippen LogP contribution >= 0.6 is 0 Å². The van der Waals surface area contributed by atoms with E-state index in [1.165, 1.54) is 0 Å². The standard InChI is InChI=1S/C41H66O17/c1-19(5-8-29(44)45)23-6-7-24-32-25(10-12-41(23,24)4)40(3)11-9-22(55-30(46)17-53-39-37(52)35(50)34(49)28(16-43)58-39)13-21(40)14-26(32)56-31(47)18-54-38-36(51)33(48)20(2)27(15-42)57-38/h19-28,32-39,42-43,48-52H,5-18H2,1-4H3,(H,44,45)/t19-,20?,21+,22-,23-,24?,25?,26+,27?,28?,32?,33?,34?,35?,36?,37?,38?,39?,40+,41-/m1/s1. The Bertz CT molecular complexity index is 1430. The number of carboxylic acid groups (broad SMARTS) is 1. The summed E-state index contributed by atoms with van der Waals surface area (Å²) in [7, 11) is 0. The zero-order chi connectivity index (χ0) is 42.3. The number of aliphatic carboxylic acids is 1. The van der Waals surface area contributed by atoms with Crippen LogP contribution in [0.1, 0.15) is 91.9 Å². The Kier molecular flexibility index (Phi) is 14.5. The van der Waals surface area contributed by atoms with Gasteiger partial charge in [-0.2, -0.15) is 0 Å². The van der Waals surface area contributed by atoms with Crippen LogP contribution in [-0.2, 0) is 42.8 Å². The van der Waals surface area contributed by atoms with Crippen LogP contribution in [0, 0.1) is 52.3 Å². The normalized spacial score (nSPS) is 46.9. The van der Waals surface area contributed by atoms with Gasteiger partial charge < -0.3 is 69.3 Å². The molecule has 0 bridgehead atoms. The van der Waals surface area contributed by atoms with Gasteiger partial charge in [-0.25, -0.2) is 9.59 Å². The number of fused-ring (bicyclic) bond motifs is 5. The van der Waals surface area contributed by atoms with E-state index in [0.29, 0.717) is 31.6 Å². The molecule has 332 valence electrons. The predicted molar refractivity (Wildman–Crippen MR) is 199 cm³/mol. The van der Waals surface area contributed by atoms with Crippen LogP contribution < -0.4 is 0 Å². The van der Waals surface area contributed by atoms with Crippen molar-refractivity contribution in [3.8, 4) is 0 Å². The third-order valence-corrected chi connectivity index (χ3v) is 15.6. The molecule has 13 unspecified atom stereocenters. The molecule has 8 N–H and O–H groups in total. The van der Waals surface area contributed by atoms with Gasteiger partial charge in [0.2, 0.25) is 0 Å². The van der Waals surface area contributed by atoms with E-state index < -0.39 is 118 Å². The van der Waals surface area contributed by atoms with Crippen molar-refractivity contribution in [3.63, 3.8) is 0 Å². The maximum Gasteiger partial charge on any atom is 0.332 e. The molecule has 2 heterocycles. The minimum absolute atomic E-state index is 0.00637. The molecule has 0 aromatic heterocycles. The molecule has 4 aliphatic carbocycles. The summed E-state index contributed by atoms with van der Waals surface area (Å²) in [6, 6.07) is 0. The lowest BCUT2D eigenvalue weighted by Crippen LogP contribution is -2.60. The van der Waals surface area contributed by atoms with Crippen LogP contribution in [0.2, 0.25) is 0 Å². The third kappa shape index (κ3) is 8.96. The largest absolute Gasteiger partial charge is 0.481 e. The molecule has 58 heavy (non-hydrogen) atoms. The number of carbonyl (C=O) groups is 3. The van der Waals surface area contributed by atoms with Gasteiger partial charge in [-0.05, 0) is 98.2 Å². The van der Waals surface area contributed by atoms with Crippen molar-refractivity contribution in [2.75, 3.05) is 26.4 Å². The third-order valence-electron chi connectivity index (χ3n) is 15.6. The lowest BCUT2D eigenvalue weighted by Gasteiger charge is -2.62. The number of ether oxygens (including phenoxy) is 6. The number of carboxylic acids is 1. The fourth-order valence-corrected chi connectivity index (χ4v) is 12.3. The number of carbonyl (C=O) groups excluding carboxylic acids is 2. The Morgan fingerprint density at radius 1 is 0.724 bits per heavy atom. The van der Waals surface area contributed by atoms with Crippen LogP contribution in [0.4, 0.5) is 0 Å². The summed E-state index contributed by atoms with van der Waals surface area (Å²) >= 11 is 0. The minimum atomic E-state index is -1.66. The van der Waals surface area contributed by atoms with Crippen molar-refractivity contribution in [1.29, 1.82) is 0 Å². The molecular weight excluding hydrogens is 764 g/mol. The van der Waals surface area contributed by atoms with E-state index in [1.807, 2.05) is 0 Å². The number of aliphatic hydroxyl groups excluding tert-OH is 7. The van der Waals surface area contributed by atoms with Crippen molar-refractivity contribution in [1.82, 2.24) is 0 Å². The summed E-state index contributed by atoms with van der Waals surface area (Å²) < 4.78 is 34.4. The second-order valence-electron chi connectivity index (χ2n) is 18.7. The summed E-state index contributed by atoms with van der Waals surface area (Å²) in [5, 5.41) is 80.2. The monoisotopic (exact) mass is 830 g/mol. The van der Waals surface area contributed by atoms with Gasteiger partial charge in [0.25, 0.3) is 0 Å². The zero-order valence-corrected chi connectivity index (χ0v) is 34.0. The molecule has 20 atom stereocenters. The molecule has 0 aromatic carbocycles. The topological polar surface area (TPSA) is 268 Å². The summed E-state index contributed by atoms with van der Waals surface area (Å²) in [5.41, 5.74) is -0.232. The quantitative estimate of drug-likeness (QED) is 0.111. The van der Waals surface area contributed by atoms with E-state index in [4.69, 9.17) is 28.4 Å². The van der Waals surface area contributed by atoms with Crippen LogP contribution in [0.15, 0.2) is 0 Å². The SMILES string of the molecule is CC1C(CO)OC(OCC(=O)O[C@H]2C[C@@H]3C[C@H](OC(=O)COC4OC(CO)C(O)C(O)C4O)CC[C@]3(C)C3CC[C@@]4(C)C(CC[C@@H]4[C@H](C)CCC(=O)O)C32)C(O)C1O. The zero-order valence-electron chi connectivity index (χ0n) is 34.0. The Balaban J connectivity index is 1.15. The number of hydrogen-bond donors (Lipinski definition) is 8. The highest BCUT2D eigenvalue weighted by Crippen LogP contribution is 2.69. The van der Waals surface area contributed by atoms with Gasteiger partial charge in [-0.3, -0.25) is 4.79 Å². The smallest absolute Gasteiger partial charge is 0.332 e. The number of esters is 2. The summed E-state index contributed by atoms with van der Waals surface area (Å²) in [6.07, 6.45) is -6.48. The summed E-state index contributed by atoms with van der Waals surface area (Å²) in [5.74, 6) is -1.76. The molecular formula is C41H66O17. The molecule has 17 nitrogen and oxygen atoms in total. The Morgan fingerprint density at radius 2 is 1.31 bits per heavy atom. The van der Waals surface area contributed by atoms with Crippen LogP contribution in [0.25, 0.3) is 0 Å². The number of hydrogen-bond acceptors (Lipinski definition) is 16. The van der Waals surface area contributed by atoms with E-state index in [0.717, 1.165) is 32.1 Å². The van der Waals surface area contributed by atoms with Crippen molar-refractivity contribution < 1.29 is 83.7 Å². The van der Waals surface area contributed by atoms with E-state index in [9.17, 15) is 55.2 Å². The lowest BCUT2D eigenvalue weighted by atomic mass is 9.43. The van der Waals surface area contributed by atoms with Crippen LogP contribution in [0.3, 0.4) is 0 Å². The minimum Gasteiger partial charge on any atom is -0.481 e. The second kappa shape index (κ2) is 18.5. The fourth-order valence-electron chi connectivity index (χ4n) is 12.3. The first kappa shape index (κ1) is 45.5. The second-order valence-corrected chi connectivity index (χ2v) is 18.7. The van der Waals surface area contributed by atoms with Gasteiger partial charge in [0.15, 0.2) is 12.6 Å². The molecule has 6 fully saturated rings. The molecule has 0 spiro atoms. The van der Waals surface area contributed by atoms with Crippen LogP contribution in [0.5, 0.6) is 0 Å². The predicted octanol–water partition coefficient (Wildman–Crippen LogP) is 0.488. The molecule has 6 rings (SSSR count). The molecule has 2 aliphatic heterocycles. The Labute approximate surface area is 339 Å².